The SMILES string of the molecule is CCCCN(C(=O)CN1CCOCC1(C)C)c1c(N)n(CC(C)C)c(=O)[nH]c1=O. The van der Waals surface area contributed by atoms with E-state index in [-0.39, 0.29) is 35.4 Å². The van der Waals surface area contributed by atoms with E-state index < -0.39 is 11.2 Å². The van der Waals surface area contributed by atoms with E-state index in [0.717, 1.165) is 12.8 Å². The second-order valence-electron chi connectivity index (χ2n) is 8.68. The number of aromatic nitrogens is 2. The minimum atomic E-state index is -0.627. The molecule has 2 rings (SSSR count). The molecule has 0 spiro atoms. The maximum absolute atomic E-state index is 13.3. The van der Waals surface area contributed by atoms with E-state index in [1.807, 2.05) is 34.6 Å². The number of carbonyl (C=O) groups excluding carboxylic acids is 1. The number of nitrogens with two attached hydrogens (primary N) is 1. The van der Waals surface area contributed by atoms with Crippen LogP contribution in [-0.2, 0) is 16.1 Å². The number of hydrogen-bond acceptors (Lipinski definition) is 6. The maximum Gasteiger partial charge on any atom is 0.330 e. The number of nitrogen functional groups attached to an aromatic ring is 1. The van der Waals surface area contributed by atoms with Crippen LogP contribution in [0.3, 0.4) is 0 Å². The Kier molecular flexibility index (Phi) is 7.65. The standard InChI is InChI=1S/C20H35N5O4/c1-6-7-8-24(15(26)12-23-9-10-29-13-20(23,4)5)16-17(21)25(11-14(2)3)19(28)22-18(16)27/h14H,6-13,21H2,1-5H3,(H,22,27,28). The van der Waals surface area contributed by atoms with Crippen molar-refractivity contribution in [1.82, 2.24) is 14.5 Å². The molecular formula is C20H35N5O4. The van der Waals surface area contributed by atoms with Gasteiger partial charge >= 0.3 is 5.69 Å². The van der Waals surface area contributed by atoms with Crippen molar-refractivity contribution >= 4 is 17.4 Å². The third-order valence-electron chi connectivity index (χ3n) is 5.21. The van der Waals surface area contributed by atoms with Gasteiger partial charge < -0.3 is 15.4 Å². The van der Waals surface area contributed by atoms with Gasteiger partial charge in [-0.15, -0.1) is 0 Å². The number of carbonyl (C=O) groups is 1. The third kappa shape index (κ3) is 5.48. The Bertz CT molecular complexity index is 827. The molecule has 9 heteroatoms. The molecule has 29 heavy (non-hydrogen) atoms. The highest BCUT2D eigenvalue weighted by Crippen LogP contribution is 2.22. The van der Waals surface area contributed by atoms with Crippen LogP contribution in [-0.4, -0.2) is 58.7 Å². The highest BCUT2D eigenvalue weighted by molar-refractivity contribution is 5.96. The van der Waals surface area contributed by atoms with Gasteiger partial charge in [-0.1, -0.05) is 27.2 Å². The second kappa shape index (κ2) is 9.58. The van der Waals surface area contributed by atoms with Gasteiger partial charge in [-0.2, -0.15) is 0 Å². The highest BCUT2D eigenvalue weighted by Gasteiger charge is 2.34. The highest BCUT2D eigenvalue weighted by atomic mass is 16.5. The van der Waals surface area contributed by atoms with Crippen LogP contribution in [0.2, 0.25) is 0 Å². The topological polar surface area (TPSA) is 114 Å². The number of nitrogens with one attached hydrogen (secondary N) is 1. The monoisotopic (exact) mass is 409 g/mol. The average Bonchev–Trinajstić information content (AvgIpc) is 2.62. The van der Waals surface area contributed by atoms with E-state index in [4.69, 9.17) is 10.5 Å². The summed E-state index contributed by atoms with van der Waals surface area (Å²) in [5, 5.41) is 0. The maximum atomic E-state index is 13.3. The minimum absolute atomic E-state index is 0.0399. The summed E-state index contributed by atoms with van der Waals surface area (Å²) >= 11 is 0. The molecule has 0 aromatic carbocycles. The first-order chi connectivity index (χ1) is 13.6. The van der Waals surface area contributed by atoms with E-state index in [9.17, 15) is 14.4 Å². The molecule has 1 aromatic rings. The lowest BCUT2D eigenvalue weighted by molar-refractivity contribution is -0.124. The predicted octanol–water partition coefficient (Wildman–Crippen LogP) is 1.02. The van der Waals surface area contributed by atoms with Gasteiger partial charge in [0.15, 0.2) is 5.69 Å². The summed E-state index contributed by atoms with van der Waals surface area (Å²) in [4.78, 5) is 44.0. The first kappa shape index (κ1) is 23.2. The summed E-state index contributed by atoms with van der Waals surface area (Å²) in [6, 6.07) is 0. The summed E-state index contributed by atoms with van der Waals surface area (Å²) in [6.45, 7) is 12.6. The van der Waals surface area contributed by atoms with Crippen LogP contribution < -0.4 is 21.9 Å². The molecule has 164 valence electrons. The lowest BCUT2D eigenvalue weighted by atomic mass is 10.0. The first-order valence-electron chi connectivity index (χ1n) is 10.3. The van der Waals surface area contributed by atoms with E-state index in [2.05, 4.69) is 9.88 Å². The summed E-state index contributed by atoms with van der Waals surface area (Å²) < 4.78 is 6.87. The lowest BCUT2D eigenvalue weighted by Crippen LogP contribution is -2.56. The Hall–Kier alpha value is -2.13. The summed E-state index contributed by atoms with van der Waals surface area (Å²) in [5.41, 5.74) is 4.85. The van der Waals surface area contributed by atoms with Gasteiger partial charge in [-0.25, -0.2) is 4.79 Å². The molecular weight excluding hydrogens is 374 g/mol. The van der Waals surface area contributed by atoms with Gasteiger partial charge in [0.05, 0.1) is 19.8 Å². The van der Waals surface area contributed by atoms with Crippen LogP contribution in [0, 0.1) is 5.92 Å². The number of unbranched alkanes of at least 4 members (excludes halogenated alkanes) is 1. The van der Waals surface area contributed by atoms with Crippen molar-refractivity contribution in [2.75, 3.05) is 43.5 Å². The van der Waals surface area contributed by atoms with Crippen molar-refractivity contribution in [3.63, 3.8) is 0 Å². The molecule has 0 radical (unpaired) electrons. The Morgan fingerprint density at radius 3 is 2.62 bits per heavy atom. The molecule has 3 N–H and O–H groups in total. The smallest absolute Gasteiger partial charge is 0.330 e. The van der Waals surface area contributed by atoms with Crippen molar-refractivity contribution in [3.8, 4) is 0 Å². The number of morpholine rings is 1. The molecule has 9 nitrogen and oxygen atoms in total. The fourth-order valence-electron chi connectivity index (χ4n) is 3.49. The van der Waals surface area contributed by atoms with Crippen LogP contribution in [0.25, 0.3) is 0 Å². The molecule has 1 fully saturated rings. The Morgan fingerprint density at radius 1 is 1.34 bits per heavy atom. The van der Waals surface area contributed by atoms with Crippen molar-refractivity contribution in [3.05, 3.63) is 20.8 Å². The molecule has 2 heterocycles. The van der Waals surface area contributed by atoms with Crippen LogP contribution in [0.5, 0.6) is 0 Å². The molecule has 1 saturated heterocycles. The van der Waals surface area contributed by atoms with E-state index in [1.54, 1.807) is 0 Å². The van der Waals surface area contributed by atoms with Gasteiger partial charge in [0.1, 0.15) is 5.82 Å². The number of amides is 1. The molecule has 0 aliphatic carbocycles. The Morgan fingerprint density at radius 2 is 2.03 bits per heavy atom. The zero-order valence-electron chi connectivity index (χ0n) is 18.3. The van der Waals surface area contributed by atoms with Crippen LogP contribution >= 0.6 is 0 Å². The van der Waals surface area contributed by atoms with Crippen molar-refractivity contribution in [2.45, 2.75) is 59.5 Å². The zero-order chi connectivity index (χ0) is 21.8. The zero-order valence-corrected chi connectivity index (χ0v) is 18.3. The molecule has 0 unspecified atom stereocenters. The van der Waals surface area contributed by atoms with Gasteiger partial charge in [0.2, 0.25) is 5.91 Å². The van der Waals surface area contributed by atoms with Crippen molar-refractivity contribution < 1.29 is 9.53 Å². The Balaban J connectivity index is 2.43. The van der Waals surface area contributed by atoms with Gasteiger partial charge in [0.25, 0.3) is 5.56 Å². The van der Waals surface area contributed by atoms with Crippen molar-refractivity contribution in [1.29, 1.82) is 0 Å². The minimum Gasteiger partial charge on any atom is -0.383 e. The van der Waals surface area contributed by atoms with Gasteiger partial charge in [-0.3, -0.25) is 24.0 Å². The van der Waals surface area contributed by atoms with Crippen LogP contribution in [0.15, 0.2) is 9.59 Å². The van der Waals surface area contributed by atoms with Crippen molar-refractivity contribution in [2.24, 2.45) is 5.92 Å². The van der Waals surface area contributed by atoms with Crippen LogP contribution in [0.4, 0.5) is 11.5 Å². The van der Waals surface area contributed by atoms with E-state index in [1.165, 1.54) is 9.47 Å². The first-order valence-corrected chi connectivity index (χ1v) is 10.3. The molecule has 1 amide bonds. The summed E-state index contributed by atoms with van der Waals surface area (Å²) in [5.74, 6) is -0.0128. The fraction of sp³-hybridized carbons (Fsp3) is 0.750. The second-order valence-corrected chi connectivity index (χ2v) is 8.68. The third-order valence-corrected chi connectivity index (χ3v) is 5.21. The van der Waals surface area contributed by atoms with Crippen LogP contribution in [0.1, 0.15) is 47.5 Å². The fourth-order valence-corrected chi connectivity index (χ4v) is 3.49. The Labute approximate surface area is 171 Å². The number of nitrogens with zero attached hydrogens (tertiary/aromatic N) is 3. The normalized spacial score (nSPS) is 16.9. The summed E-state index contributed by atoms with van der Waals surface area (Å²) in [6.07, 6.45) is 1.58. The summed E-state index contributed by atoms with van der Waals surface area (Å²) in [7, 11) is 0. The molecule has 0 atom stereocenters. The quantitative estimate of drug-likeness (QED) is 0.663. The van der Waals surface area contributed by atoms with E-state index in [0.29, 0.717) is 32.8 Å². The van der Waals surface area contributed by atoms with Gasteiger partial charge in [0, 0.05) is 25.2 Å². The number of rotatable bonds is 8. The lowest BCUT2D eigenvalue weighted by Gasteiger charge is -2.42. The molecule has 1 aliphatic rings. The average molecular weight is 410 g/mol. The molecule has 0 bridgehead atoms. The molecule has 1 aromatic heterocycles. The molecule has 1 aliphatic heterocycles. The van der Waals surface area contributed by atoms with Gasteiger partial charge in [-0.05, 0) is 26.2 Å². The number of H-pyrrole nitrogens is 1. The number of anilines is 2. The predicted molar refractivity (Wildman–Crippen MR) is 114 cm³/mol. The number of ether oxygens (including phenoxy) is 1. The number of aromatic amines is 1. The number of hydrogen-bond donors (Lipinski definition) is 2. The van der Waals surface area contributed by atoms with E-state index >= 15 is 0 Å². The largest absolute Gasteiger partial charge is 0.383 e. The molecule has 0 saturated carbocycles.